The van der Waals surface area contributed by atoms with Crippen LogP contribution in [0, 0.1) is 0 Å². The summed E-state index contributed by atoms with van der Waals surface area (Å²) < 4.78 is 46.7. The molecule has 28 heavy (non-hydrogen) atoms. The summed E-state index contributed by atoms with van der Waals surface area (Å²) >= 11 is 0. The number of nitrogens with one attached hydrogen (secondary N) is 1. The first-order valence-corrected chi connectivity index (χ1v) is 9.08. The van der Waals surface area contributed by atoms with Crippen LogP contribution in [-0.2, 0) is 25.7 Å². The van der Waals surface area contributed by atoms with Crippen molar-refractivity contribution in [1.29, 1.82) is 0 Å². The standard InChI is InChI=1S/C22H19F3N2O/c23-22(24,25)19-12-17(28-14-15-4-2-1-3-5-15)7-8-18(19)21-9-6-16-13-26-11-10-20(16)27-21/h1-9,12,26H,10-11,13-14H2. The van der Waals surface area contributed by atoms with Gasteiger partial charge in [-0.15, -0.1) is 0 Å². The second-order valence-electron chi connectivity index (χ2n) is 6.71. The van der Waals surface area contributed by atoms with Gasteiger partial charge in [0.05, 0.1) is 11.3 Å². The smallest absolute Gasteiger partial charge is 0.417 e. The van der Waals surface area contributed by atoms with Crippen LogP contribution in [0.2, 0.25) is 0 Å². The second kappa shape index (κ2) is 7.64. The SMILES string of the molecule is FC(F)(F)c1cc(OCc2ccccc2)ccc1-c1ccc2c(n1)CCNC2. The molecule has 1 N–H and O–H groups in total. The minimum absolute atomic E-state index is 0.0703. The number of ether oxygens (including phenoxy) is 1. The predicted octanol–water partition coefficient (Wildman–Crippen LogP) is 4.99. The first-order valence-electron chi connectivity index (χ1n) is 9.08. The van der Waals surface area contributed by atoms with Crippen LogP contribution in [0.1, 0.15) is 22.4 Å². The molecular formula is C22H19F3N2O. The molecule has 0 amide bonds. The van der Waals surface area contributed by atoms with E-state index < -0.39 is 11.7 Å². The number of benzene rings is 2. The number of pyridine rings is 1. The average Bonchev–Trinajstić information content (AvgIpc) is 2.72. The van der Waals surface area contributed by atoms with Gasteiger partial charge in [0, 0.05) is 30.8 Å². The van der Waals surface area contributed by atoms with E-state index in [1.807, 2.05) is 36.4 Å². The summed E-state index contributed by atoms with van der Waals surface area (Å²) in [5, 5.41) is 3.23. The Kier molecular flexibility index (Phi) is 5.05. The molecule has 144 valence electrons. The first kappa shape index (κ1) is 18.5. The molecular weight excluding hydrogens is 365 g/mol. The first-order chi connectivity index (χ1) is 13.5. The van der Waals surface area contributed by atoms with Crippen LogP contribution in [-0.4, -0.2) is 11.5 Å². The fraction of sp³-hybridized carbons (Fsp3) is 0.227. The van der Waals surface area contributed by atoms with Crippen LogP contribution >= 0.6 is 0 Å². The topological polar surface area (TPSA) is 34.1 Å². The third-order valence-corrected chi connectivity index (χ3v) is 4.74. The Morgan fingerprint density at radius 3 is 2.61 bits per heavy atom. The van der Waals surface area contributed by atoms with Gasteiger partial charge in [-0.25, -0.2) is 0 Å². The molecule has 0 unspecified atom stereocenters. The maximum atomic E-state index is 13.7. The molecule has 6 heteroatoms. The van der Waals surface area contributed by atoms with Crippen molar-refractivity contribution in [3.63, 3.8) is 0 Å². The van der Waals surface area contributed by atoms with Crippen LogP contribution < -0.4 is 10.1 Å². The van der Waals surface area contributed by atoms with Gasteiger partial charge in [-0.05, 0) is 35.4 Å². The molecule has 2 aromatic carbocycles. The van der Waals surface area contributed by atoms with Gasteiger partial charge < -0.3 is 10.1 Å². The highest BCUT2D eigenvalue weighted by Gasteiger charge is 2.34. The normalized spacial score (nSPS) is 13.8. The van der Waals surface area contributed by atoms with Crippen molar-refractivity contribution in [2.75, 3.05) is 6.54 Å². The lowest BCUT2D eigenvalue weighted by molar-refractivity contribution is -0.137. The van der Waals surface area contributed by atoms with Crippen molar-refractivity contribution in [2.45, 2.75) is 25.7 Å². The van der Waals surface area contributed by atoms with Crippen LogP contribution in [0.15, 0.2) is 60.7 Å². The third-order valence-electron chi connectivity index (χ3n) is 4.74. The van der Waals surface area contributed by atoms with Crippen LogP contribution in [0.4, 0.5) is 13.2 Å². The van der Waals surface area contributed by atoms with Gasteiger partial charge >= 0.3 is 6.18 Å². The molecule has 1 aliphatic heterocycles. The van der Waals surface area contributed by atoms with Gasteiger partial charge in [0.1, 0.15) is 12.4 Å². The molecule has 3 aromatic rings. The molecule has 0 fully saturated rings. The third kappa shape index (κ3) is 4.02. The van der Waals surface area contributed by atoms with Gasteiger partial charge in [0.15, 0.2) is 0 Å². The zero-order chi connectivity index (χ0) is 19.6. The van der Waals surface area contributed by atoms with Crippen molar-refractivity contribution in [2.24, 2.45) is 0 Å². The average molecular weight is 384 g/mol. The number of fused-ring (bicyclic) bond motifs is 1. The lowest BCUT2D eigenvalue weighted by Crippen LogP contribution is -2.24. The number of halogens is 3. The summed E-state index contributed by atoms with van der Waals surface area (Å²) in [5.41, 5.74) is 2.45. The molecule has 1 aromatic heterocycles. The maximum Gasteiger partial charge on any atom is 0.417 e. The highest BCUT2D eigenvalue weighted by atomic mass is 19.4. The van der Waals surface area contributed by atoms with E-state index in [9.17, 15) is 13.2 Å². The Morgan fingerprint density at radius 2 is 1.82 bits per heavy atom. The molecule has 0 spiro atoms. The monoisotopic (exact) mass is 384 g/mol. The second-order valence-corrected chi connectivity index (χ2v) is 6.71. The van der Waals surface area contributed by atoms with E-state index in [4.69, 9.17) is 4.74 Å². The van der Waals surface area contributed by atoms with E-state index in [1.54, 1.807) is 12.1 Å². The van der Waals surface area contributed by atoms with E-state index in [2.05, 4.69) is 10.3 Å². The summed E-state index contributed by atoms with van der Waals surface area (Å²) in [6.07, 6.45) is -3.79. The molecule has 2 heterocycles. The Bertz CT molecular complexity index is 971. The minimum atomic E-state index is -4.50. The number of hydrogen-bond acceptors (Lipinski definition) is 3. The van der Waals surface area contributed by atoms with Crippen LogP contribution in [0.3, 0.4) is 0 Å². The predicted molar refractivity (Wildman–Crippen MR) is 101 cm³/mol. The molecule has 0 radical (unpaired) electrons. The largest absolute Gasteiger partial charge is 0.489 e. The molecule has 4 rings (SSSR count). The van der Waals surface area contributed by atoms with Gasteiger partial charge in [-0.1, -0.05) is 36.4 Å². The number of rotatable bonds is 4. The molecule has 0 bridgehead atoms. The summed E-state index contributed by atoms with van der Waals surface area (Å²) in [6.45, 7) is 1.68. The molecule has 0 atom stereocenters. The lowest BCUT2D eigenvalue weighted by atomic mass is 10.00. The number of aromatic nitrogens is 1. The molecule has 1 aliphatic rings. The highest BCUT2D eigenvalue weighted by molar-refractivity contribution is 5.66. The fourth-order valence-electron chi connectivity index (χ4n) is 3.30. The van der Waals surface area contributed by atoms with Crippen molar-refractivity contribution in [3.05, 3.63) is 83.0 Å². The summed E-state index contributed by atoms with van der Waals surface area (Å²) in [5.74, 6) is 0.182. The molecule has 0 saturated heterocycles. The molecule has 0 saturated carbocycles. The fourth-order valence-corrected chi connectivity index (χ4v) is 3.30. The van der Waals surface area contributed by atoms with E-state index >= 15 is 0 Å². The Balaban J connectivity index is 1.66. The van der Waals surface area contributed by atoms with E-state index in [-0.39, 0.29) is 17.9 Å². The molecule has 3 nitrogen and oxygen atoms in total. The van der Waals surface area contributed by atoms with E-state index in [1.165, 1.54) is 6.07 Å². The van der Waals surface area contributed by atoms with Gasteiger partial charge in [-0.2, -0.15) is 13.2 Å². The molecule has 0 aliphatic carbocycles. The van der Waals surface area contributed by atoms with Crippen molar-refractivity contribution in [1.82, 2.24) is 10.3 Å². The zero-order valence-electron chi connectivity index (χ0n) is 15.1. The maximum absolute atomic E-state index is 13.7. The van der Waals surface area contributed by atoms with E-state index in [0.717, 1.165) is 29.4 Å². The van der Waals surface area contributed by atoms with Crippen molar-refractivity contribution < 1.29 is 17.9 Å². The number of hydrogen-bond donors (Lipinski definition) is 1. The van der Waals surface area contributed by atoms with Crippen molar-refractivity contribution in [3.8, 4) is 17.0 Å². The lowest BCUT2D eigenvalue weighted by Gasteiger charge is -2.19. The van der Waals surface area contributed by atoms with Gasteiger partial charge in [0.2, 0.25) is 0 Å². The minimum Gasteiger partial charge on any atom is -0.489 e. The van der Waals surface area contributed by atoms with Gasteiger partial charge in [0.25, 0.3) is 0 Å². The summed E-state index contributed by atoms with van der Waals surface area (Å²) in [7, 11) is 0. The Labute approximate surface area is 161 Å². The van der Waals surface area contributed by atoms with E-state index in [0.29, 0.717) is 18.7 Å². The Hall–Kier alpha value is -2.86. The summed E-state index contributed by atoms with van der Waals surface area (Å²) in [4.78, 5) is 4.50. The quantitative estimate of drug-likeness (QED) is 0.688. The highest BCUT2D eigenvalue weighted by Crippen LogP contribution is 2.39. The van der Waals surface area contributed by atoms with Crippen LogP contribution in [0.25, 0.3) is 11.3 Å². The number of nitrogens with zero attached hydrogens (tertiary/aromatic N) is 1. The Morgan fingerprint density at radius 1 is 1.00 bits per heavy atom. The summed E-state index contributed by atoms with van der Waals surface area (Å²) in [6, 6.07) is 16.9. The van der Waals surface area contributed by atoms with Gasteiger partial charge in [-0.3, -0.25) is 4.98 Å². The van der Waals surface area contributed by atoms with Crippen molar-refractivity contribution >= 4 is 0 Å². The zero-order valence-corrected chi connectivity index (χ0v) is 15.1. The van der Waals surface area contributed by atoms with Crippen LogP contribution in [0.5, 0.6) is 5.75 Å². The number of alkyl halides is 3.